The molecule has 3 nitrogen and oxygen atoms in total. The number of hydrogen-bond acceptors (Lipinski definition) is 3. The SMILES string of the molecule is Cc1cc2c(F)c(C34CCB(C#N)CC3(C)O4)ccc2nc1C. The first-order chi connectivity index (χ1) is 10.9. The molecule has 0 aliphatic carbocycles. The molecule has 0 N–H and O–H groups in total. The van der Waals surface area contributed by atoms with Crippen LogP contribution >= 0.6 is 0 Å². The molecule has 0 amide bonds. The van der Waals surface area contributed by atoms with Gasteiger partial charge in [0.15, 0.2) is 0 Å². The molecule has 0 saturated carbocycles. The molecule has 2 unspecified atom stereocenters. The topological polar surface area (TPSA) is 49.2 Å². The second-order valence-corrected chi connectivity index (χ2v) is 7.11. The molecule has 23 heavy (non-hydrogen) atoms. The number of fused-ring (bicyclic) bond motifs is 2. The van der Waals surface area contributed by atoms with Gasteiger partial charge in [0.1, 0.15) is 11.4 Å². The van der Waals surface area contributed by atoms with Crippen LogP contribution in [0, 0.1) is 30.9 Å². The number of rotatable bonds is 1. The van der Waals surface area contributed by atoms with Crippen molar-refractivity contribution in [1.29, 1.82) is 5.26 Å². The van der Waals surface area contributed by atoms with Gasteiger partial charge < -0.3 is 4.74 Å². The highest BCUT2D eigenvalue weighted by atomic mass is 19.1. The van der Waals surface area contributed by atoms with Crippen LogP contribution in [0.25, 0.3) is 10.9 Å². The van der Waals surface area contributed by atoms with E-state index in [0.29, 0.717) is 29.2 Å². The van der Waals surface area contributed by atoms with Crippen molar-refractivity contribution in [2.45, 2.75) is 51.0 Å². The van der Waals surface area contributed by atoms with E-state index >= 15 is 4.39 Å². The summed E-state index contributed by atoms with van der Waals surface area (Å²) < 4.78 is 21.2. The van der Waals surface area contributed by atoms with Gasteiger partial charge in [0.25, 0.3) is 6.71 Å². The number of aromatic nitrogens is 1. The Morgan fingerprint density at radius 3 is 2.87 bits per heavy atom. The number of epoxide rings is 1. The lowest BCUT2D eigenvalue weighted by Gasteiger charge is -2.24. The maximum atomic E-state index is 15.2. The Bertz CT molecular complexity index is 877. The summed E-state index contributed by atoms with van der Waals surface area (Å²) >= 11 is 0. The van der Waals surface area contributed by atoms with Crippen molar-refractivity contribution in [2.75, 3.05) is 0 Å². The summed E-state index contributed by atoms with van der Waals surface area (Å²) in [5.41, 5.74) is 2.21. The number of nitriles is 1. The van der Waals surface area contributed by atoms with Crippen LogP contribution in [0.3, 0.4) is 0 Å². The predicted molar refractivity (Wildman–Crippen MR) is 87.9 cm³/mol. The van der Waals surface area contributed by atoms with Gasteiger partial charge in [-0.15, -0.1) is 0 Å². The monoisotopic (exact) mass is 308 g/mol. The van der Waals surface area contributed by atoms with E-state index in [1.54, 1.807) is 0 Å². The van der Waals surface area contributed by atoms with Gasteiger partial charge in [-0.3, -0.25) is 4.98 Å². The van der Waals surface area contributed by atoms with Crippen molar-refractivity contribution < 1.29 is 9.13 Å². The van der Waals surface area contributed by atoms with Crippen molar-refractivity contribution in [2.24, 2.45) is 0 Å². The molecule has 2 saturated heterocycles. The average Bonchev–Trinajstić information content (AvgIpc) is 3.15. The molecule has 1 aromatic carbocycles. The quantitative estimate of drug-likeness (QED) is 0.592. The summed E-state index contributed by atoms with van der Waals surface area (Å²) in [5.74, 6) is 2.10. The molecule has 3 heterocycles. The van der Waals surface area contributed by atoms with Crippen molar-refractivity contribution in [3.8, 4) is 5.97 Å². The molecule has 0 radical (unpaired) electrons. The Kier molecular flexibility index (Phi) is 2.90. The van der Waals surface area contributed by atoms with Crippen LogP contribution in [0.15, 0.2) is 18.2 Å². The Hall–Kier alpha value is -1.93. The molecule has 4 rings (SSSR count). The number of halogens is 1. The standard InChI is InChI=1S/C18H18BFN2O/c1-11-8-13-15(22-12(11)2)5-4-14(16(13)20)18-6-7-19(10-21)9-17(18,3)23-18/h4-5,8H,6-7,9H2,1-3H3. The molecule has 5 heteroatoms. The zero-order valence-electron chi connectivity index (χ0n) is 13.6. The highest BCUT2D eigenvalue weighted by molar-refractivity contribution is 6.67. The van der Waals surface area contributed by atoms with Gasteiger partial charge in [0.05, 0.1) is 11.1 Å². The van der Waals surface area contributed by atoms with Gasteiger partial charge in [-0.05, 0) is 51.2 Å². The van der Waals surface area contributed by atoms with Gasteiger partial charge in [-0.25, -0.2) is 9.65 Å². The second kappa shape index (κ2) is 4.55. The molecule has 2 aliphatic heterocycles. The molecular formula is C18H18BFN2O. The molecule has 0 bridgehead atoms. The molecule has 2 aliphatic rings. The number of pyridine rings is 1. The van der Waals surface area contributed by atoms with Crippen LogP contribution in [0.4, 0.5) is 4.39 Å². The van der Waals surface area contributed by atoms with Crippen LogP contribution < -0.4 is 0 Å². The van der Waals surface area contributed by atoms with E-state index in [1.165, 1.54) is 0 Å². The van der Waals surface area contributed by atoms with Crippen molar-refractivity contribution >= 4 is 17.6 Å². The normalized spacial score (nSPS) is 29.3. The highest BCUT2D eigenvalue weighted by Crippen LogP contribution is 2.64. The Labute approximate surface area is 135 Å². The van der Waals surface area contributed by atoms with E-state index in [0.717, 1.165) is 17.6 Å². The third kappa shape index (κ3) is 1.88. The Morgan fingerprint density at radius 1 is 1.39 bits per heavy atom. The van der Waals surface area contributed by atoms with E-state index < -0.39 is 11.2 Å². The second-order valence-electron chi connectivity index (χ2n) is 7.11. The third-order valence-electron chi connectivity index (χ3n) is 5.69. The van der Waals surface area contributed by atoms with Crippen molar-refractivity contribution in [3.63, 3.8) is 0 Å². The fraction of sp³-hybridized carbons (Fsp3) is 0.444. The fourth-order valence-corrected chi connectivity index (χ4v) is 4.13. The Morgan fingerprint density at radius 2 is 2.17 bits per heavy atom. The largest absolute Gasteiger partial charge is 0.358 e. The first-order valence-corrected chi connectivity index (χ1v) is 8.07. The van der Waals surface area contributed by atoms with Gasteiger partial charge in [0.2, 0.25) is 0 Å². The maximum absolute atomic E-state index is 15.2. The van der Waals surface area contributed by atoms with Crippen molar-refractivity contribution in [3.05, 3.63) is 40.8 Å². The minimum atomic E-state index is -0.572. The molecule has 2 fully saturated rings. The molecule has 2 aromatic rings. The van der Waals surface area contributed by atoms with E-state index in [1.807, 2.05) is 39.0 Å². The Balaban J connectivity index is 1.84. The lowest BCUT2D eigenvalue weighted by Crippen LogP contribution is -2.34. The lowest BCUT2D eigenvalue weighted by molar-refractivity contribution is 0.272. The third-order valence-corrected chi connectivity index (χ3v) is 5.69. The first-order valence-electron chi connectivity index (χ1n) is 8.07. The smallest absolute Gasteiger partial charge is 0.270 e. The van der Waals surface area contributed by atoms with Crippen molar-refractivity contribution in [1.82, 2.24) is 4.98 Å². The number of ether oxygens (including phenoxy) is 1. The van der Waals surface area contributed by atoms with Crippen LogP contribution in [-0.2, 0) is 10.3 Å². The minimum Gasteiger partial charge on any atom is -0.358 e. The minimum absolute atomic E-state index is 0.00528. The van der Waals surface area contributed by atoms with Crippen LogP contribution in [-0.4, -0.2) is 17.3 Å². The fourth-order valence-electron chi connectivity index (χ4n) is 4.13. The number of hydrogen-bond donors (Lipinski definition) is 0. The molecule has 0 spiro atoms. The summed E-state index contributed by atoms with van der Waals surface area (Å²) in [7, 11) is 0. The number of nitrogens with zero attached hydrogens (tertiary/aromatic N) is 2. The van der Waals surface area contributed by atoms with Crippen LogP contribution in [0.5, 0.6) is 0 Å². The number of aryl methyl sites for hydroxylation is 2. The zero-order chi connectivity index (χ0) is 16.4. The van der Waals surface area contributed by atoms with E-state index in [4.69, 9.17) is 10.00 Å². The summed E-state index contributed by atoms with van der Waals surface area (Å²) in [6, 6.07) is 5.57. The molecule has 116 valence electrons. The lowest BCUT2D eigenvalue weighted by atomic mass is 9.39. The summed E-state index contributed by atoms with van der Waals surface area (Å²) in [5, 5.41) is 9.72. The van der Waals surface area contributed by atoms with Gasteiger partial charge >= 0.3 is 0 Å². The number of benzene rings is 1. The maximum Gasteiger partial charge on any atom is 0.270 e. The zero-order valence-corrected chi connectivity index (χ0v) is 13.6. The first kappa shape index (κ1) is 14.7. The summed E-state index contributed by atoms with van der Waals surface area (Å²) in [6.07, 6.45) is 2.13. The van der Waals surface area contributed by atoms with E-state index in [9.17, 15) is 0 Å². The van der Waals surface area contributed by atoms with Crippen LogP contribution in [0.1, 0.15) is 30.2 Å². The van der Waals surface area contributed by atoms with Gasteiger partial charge in [-0.1, -0.05) is 12.4 Å². The summed E-state index contributed by atoms with van der Waals surface area (Å²) in [4.78, 5) is 4.48. The van der Waals surface area contributed by atoms with Crippen LogP contribution in [0.2, 0.25) is 12.6 Å². The highest BCUT2D eigenvalue weighted by Gasteiger charge is 2.70. The molecule has 2 atom stereocenters. The average molecular weight is 308 g/mol. The van der Waals surface area contributed by atoms with E-state index in [2.05, 4.69) is 11.0 Å². The molecular weight excluding hydrogens is 290 g/mol. The summed E-state index contributed by atoms with van der Waals surface area (Å²) in [6.45, 7) is 5.88. The van der Waals surface area contributed by atoms with Gasteiger partial charge in [0, 0.05) is 22.6 Å². The predicted octanol–water partition coefficient (Wildman–Crippen LogP) is 3.94. The van der Waals surface area contributed by atoms with E-state index in [-0.39, 0.29) is 12.5 Å². The van der Waals surface area contributed by atoms with Gasteiger partial charge in [-0.2, -0.15) is 0 Å². The molecule has 1 aromatic heterocycles.